The molecule has 1 aliphatic rings. The summed E-state index contributed by atoms with van der Waals surface area (Å²) >= 11 is 0. The maximum atomic E-state index is 13.2. The number of hydrogen-bond acceptors (Lipinski definition) is 3. The molecule has 1 atom stereocenters. The molecule has 0 aliphatic carbocycles. The largest absolute Gasteiger partial charge is 0.304 e. The average Bonchev–Trinajstić information content (AvgIpc) is 3.34. The molecule has 2 aromatic carbocycles. The van der Waals surface area contributed by atoms with Crippen molar-refractivity contribution < 1.29 is 4.79 Å². The zero-order valence-electron chi connectivity index (χ0n) is 21.9. The first-order valence-corrected chi connectivity index (χ1v) is 12.7. The molecule has 1 saturated heterocycles. The number of carbonyl (C=O) groups excluding carboxylic acids is 1. The predicted octanol–water partition coefficient (Wildman–Crippen LogP) is 6.92. The van der Waals surface area contributed by atoms with Gasteiger partial charge in [0.05, 0.1) is 5.41 Å². The Balaban J connectivity index is 0.00000148. The number of nitrogens with zero attached hydrogens (tertiary/aromatic N) is 1. The number of likely N-dealkylation sites (tertiary alicyclic amines) is 1. The van der Waals surface area contributed by atoms with Crippen LogP contribution < -0.4 is 5.32 Å². The van der Waals surface area contributed by atoms with Gasteiger partial charge in [-0.1, -0.05) is 109 Å². The van der Waals surface area contributed by atoms with Crippen LogP contribution in [0.25, 0.3) is 0 Å². The molecule has 0 aromatic heterocycles. The summed E-state index contributed by atoms with van der Waals surface area (Å²) in [6, 6.07) is 20.7. The SMILES string of the molecule is CC.CC.CC.CCCNCN1CCC(C(C(C)=O)(c2ccccc2)c2ccccc2)C1. The van der Waals surface area contributed by atoms with Gasteiger partial charge in [0.15, 0.2) is 0 Å². The zero-order chi connectivity index (χ0) is 24.4. The third-order valence-electron chi connectivity index (χ3n) is 5.66. The Morgan fingerprint density at radius 2 is 1.38 bits per heavy atom. The number of carbonyl (C=O) groups is 1. The summed E-state index contributed by atoms with van der Waals surface area (Å²) in [5.41, 5.74) is 1.67. The minimum absolute atomic E-state index is 0.239. The molecule has 1 N–H and O–H groups in total. The van der Waals surface area contributed by atoms with Gasteiger partial charge in [-0.2, -0.15) is 0 Å². The Bertz CT molecular complexity index is 660. The van der Waals surface area contributed by atoms with E-state index in [2.05, 4.69) is 41.4 Å². The molecule has 0 spiro atoms. The van der Waals surface area contributed by atoms with Crippen molar-refractivity contribution in [2.45, 2.75) is 73.6 Å². The van der Waals surface area contributed by atoms with Crippen molar-refractivity contribution in [3.05, 3.63) is 71.8 Å². The van der Waals surface area contributed by atoms with Crippen molar-refractivity contribution in [2.24, 2.45) is 5.92 Å². The maximum Gasteiger partial charge on any atom is 0.145 e. The molecular formula is C29H48N2O. The van der Waals surface area contributed by atoms with Crippen LogP contribution in [0.1, 0.15) is 79.4 Å². The van der Waals surface area contributed by atoms with Gasteiger partial charge in [-0.25, -0.2) is 0 Å². The normalized spacial score (nSPS) is 15.3. The number of benzene rings is 2. The number of Topliss-reactive ketones (excluding diaryl/α,β-unsaturated/α-hetero) is 1. The number of nitrogens with one attached hydrogen (secondary N) is 1. The first-order valence-electron chi connectivity index (χ1n) is 12.7. The number of hydrogen-bond donors (Lipinski definition) is 1. The quantitative estimate of drug-likeness (QED) is 0.452. The lowest BCUT2D eigenvalue weighted by molar-refractivity contribution is -0.122. The van der Waals surface area contributed by atoms with Gasteiger partial charge in [0.1, 0.15) is 5.78 Å². The minimum Gasteiger partial charge on any atom is -0.304 e. The van der Waals surface area contributed by atoms with E-state index in [1.807, 2.05) is 77.9 Å². The molecule has 2 aromatic rings. The van der Waals surface area contributed by atoms with Crippen LogP contribution in [0.15, 0.2) is 60.7 Å². The summed E-state index contributed by atoms with van der Waals surface area (Å²) in [5, 5.41) is 3.50. The summed E-state index contributed by atoms with van der Waals surface area (Å²) in [4.78, 5) is 15.6. The summed E-state index contributed by atoms with van der Waals surface area (Å²) in [6.07, 6.45) is 2.18. The fourth-order valence-corrected chi connectivity index (χ4v) is 4.48. The van der Waals surface area contributed by atoms with E-state index < -0.39 is 5.41 Å². The highest BCUT2D eigenvalue weighted by Gasteiger charge is 2.48. The van der Waals surface area contributed by atoms with E-state index in [1.165, 1.54) is 0 Å². The topological polar surface area (TPSA) is 32.3 Å². The standard InChI is InChI=1S/C23H30N2O.3C2H6/c1-3-15-24-18-25-16-14-22(17-25)23(19(2)26,20-10-6-4-7-11-20)21-12-8-5-9-13-21;3*1-2/h4-13,22,24H,3,14-18H2,1-2H3;3*1-2H3. The first-order chi connectivity index (χ1) is 15.7. The lowest BCUT2D eigenvalue weighted by atomic mass is 9.63. The number of ketones is 1. The molecule has 0 saturated carbocycles. The fourth-order valence-electron chi connectivity index (χ4n) is 4.48. The van der Waals surface area contributed by atoms with E-state index in [-0.39, 0.29) is 11.7 Å². The summed E-state index contributed by atoms with van der Waals surface area (Å²) in [5.74, 6) is 0.525. The highest BCUT2D eigenvalue weighted by atomic mass is 16.1. The molecule has 1 unspecified atom stereocenters. The second-order valence-corrected chi connectivity index (χ2v) is 7.32. The van der Waals surface area contributed by atoms with Gasteiger partial charge in [0, 0.05) is 13.2 Å². The molecule has 3 nitrogen and oxygen atoms in total. The summed E-state index contributed by atoms with van der Waals surface area (Å²) < 4.78 is 0. The molecule has 0 radical (unpaired) electrons. The fraction of sp³-hybridized carbons (Fsp3) is 0.552. The van der Waals surface area contributed by atoms with E-state index in [0.717, 1.165) is 50.3 Å². The monoisotopic (exact) mass is 440 g/mol. The molecule has 1 aliphatic heterocycles. The average molecular weight is 441 g/mol. The molecule has 0 bridgehead atoms. The van der Waals surface area contributed by atoms with Gasteiger partial charge in [-0.3, -0.25) is 9.69 Å². The van der Waals surface area contributed by atoms with Crippen molar-refractivity contribution >= 4 is 5.78 Å². The maximum absolute atomic E-state index is 13.2. The molecule has 3 rings (SSSR count). The van der Waals surface area contributed by atoms with Gasteiger partial charge in [-0.05, 0) is 49.9 Å². The van der Waals surface area contributed by atoms with Gasteiger partial charge in [-0.15, -0.1) is 0 Å². The lowest BCUT2D eigenvalue weighted by Crippen LogP contribution is -2.45. The van der Waals surface area contributed by atoms with Crippen LogP contribution in [-0.2, 0) is 10.2 Å². The molecule has 3 heteroatoms. The van der Waals surface area contributed by atoms with E-state index in [4.69, 9.17) is 0 Å². The second-order valence-electron chi connectivity index (χ2n) is 7.32. The van der Waals surface area contributed by atoms with Gasteiger partial charge >= 0.3 is 0 Å². The van der Waals surface area contributed by atoms with Crippen molar-refractivity contribution in [1.82, 2.24) is 10.2 Å². The van der Waals surface area contributed by atoms with Crippen molar-refractivity contribution in [3.8, 4) is 0 Å². The van der Waals surface area contributed by atoms with Crippen LogP contribution >= 0.6 is 0 Å². The highest BCUT2D eigenvalue weighted by molar-refractivity contribution is 5.92. The third kappa shape index (κ3) is 7.56. The Kier molecular flexibility index (Phi) is 16.5. The van der Waals surface area contributed by atoms with Crippen LogP contribution in [0.3, 0.4) is 0 Å². The Morgan fingerprint density at radius 1 is 0.906 bits per heavy atom. The first kappa shape index (κ1) is 30.0. The molecule has 0 amide bonds. The van der Waals surface area contributed by atoms with Gasteiger partial charge in [0.25, 0.3) is 0 Å². The van der Waals surface area contributed by atoms with E-state index in [0.29, 0.717) is 0 Å². The van der Waals surface area contributed by atoms with Crippen molar-refractivity contribution in [1.29, 1.82) is 0 Å². The second kappa shape index (κ2) is 17.6. The van der Waals surface area contributed by atoms with E-state index in [9.17, 15) is 4.79 Å². The Morgan fingerprint density at radius 3 is 1.78 bits per heavy atom. The van der Waals surface area contributed by atoms with Crippen molar-refractivity contribution in [3.63, 3.8) is 0 Å². The minimum atomic E-state index is -0.567. The number of rotatable bonds is 8. The van der Waals surface area contributed by atoms with Crippen LogP contribution in [0.5, 0.6) is 0 Å². The van der Waals surface area contributed by atoms with Crippen molar-refractivity contribution in [2.75, 3.05) is 26.3 Å². The van der Waals surface area contributed by atoms with Crippen LogP contribution in [0.2, 0.25) is 0 Å². The highest BCUT2D eigenvalue weighted by Crippen LogP contribution is 2.44. The molecule has 32 heavy (non-hydrogen) atoms. The van der Waals surface area contributed by atoms with Crippen LogP contribution in [0, 0.1) is 5.92 Å². The zero-order valence-corrected chi connectivity index (χ0v) is 21.9. The van der Waals surface area contributed by atoms with Gasteiger partial charge in [0.2, 0.25) is 0 Å². The van der Waals surface area contributed by atoms with E-state index >= 15 is 0 Å². The van der Waals surface area contributed by atoms with Gasteiger partial charge < -0.3 is 5.32 Å². The summed E-state index contributed by atoms with van der Waals surface area (Å²) in [7, 11) is 0. The molecule has 1 heterocycles. The molecule has 180 valence electrons. The van der Waals surface area contributed by atoms with Crippen LogP contribution in [-0.4, -0.2) is 37.0 Å². The Hall–Kier alpha value is -1.97. The Labute approximate surface area is 198 Å². The lowest BCUT2D eigenvalue weighted by Gasteiger charge is -2.38. The molecule has 1 fully saturated rings. The summed E-state index contributed by atoms with van der Waals surface area (Å²) in [6.45, 7) is 19.9. The van der Waals surface area contributed by atoms with Crippen LogP contribution in [0.4, 0.5) is 0 Å². The van der Waals surface area contributed by atoms with E-state index in [1.54, 1.807) is 6.92 Å². The smallest absolute Gasteiger partial charge is 0.145 e. The predicted molar refractivity (Wildman–Crippen MR) is 141 cm³/mol. The third-order valence-corrected chi connectivity index (χ3v) is 5.66. The molecular weight excluding hydrogens is 392 g/mol.